The first-order chi connectivity index (χ1) is 4.27. The molecule has 0 aromatic carbocycles. The Morgan fingerprint density at radius 1 is 1.56 bits per heavy atom. The molecule has 0 saturated carbocycles. The zero-order valence-electron chi connectivity index (χ0n) is 5.89. The van der Waals surface area contributed by atoms with E-state index < -0.39 is 0 Å². The second-order valence-electron chi connectivity index (χ2n) is 2.10. The van der Waals surface area contributed by atoms with E-state index in [-0.39, 0.29) is 5.91 Å². The minimum atomic E-state index is -0.300. The fourth-order valence-corrected chi connectivity index (χ4v) is 0.639. The van der Waals surface area contributed by atoms with Crippen LogP contribution < -0.4 is 5.73 Å². The Morgan fingerprint density at radius 2 is 2.22 bits per heavy atom. The summed E-state index contributed by atoms with van der Waals surface area (Å²) in [4.78, 5) is 10.1. The molecule has 0 spiro atoms. The molecule has 2 nitrogen and oxygen atoms in total. The van der Waals surface area contributed by atoms with E-state index in [1.807, 2.05) is 0 Å². The summed E-state index contributed by atoms with van der Waals surface area (Å²) in [6.07, 6.45) is 5.83. The quantitative estimate of drug-likeness (QED) is 0.439. The van der Waals surface area contributed by atoms with Crippen molar-refractivity contribution in [3.05, 3.63) is 6.42 Å². The van der Waals surface area contributed by atoms with Gasteiger partial charge in [0.05, 0.1) is 6.42 Å². The summed E-state index contributed by atoms with van der Waals surface area (Å²) in [5, 5.41) is 0. The maximum atomic E-state index is 10.1. The first kappa shape index (κ1) is 8.34. The van der Waals surface area contributed by atoms with Crippen LogP contribution in [0.1, 0.15) is 32.6 Å². The molecule has 0 aliphatic carbocycles. The lowest BCUT2D eigenvalue weighted by molar-refractivity contribution is -0.115. The van der Waals surface area contributed by atoms with Crippen LogP contribution in [0.5, 0.6) is 0 Å². The van der Waals surface area contributed by atoms with Crippen LogP contribution >= 0.6 is 0 Å². The molecule has 0 aliphatic rings. The van der Waals surface area contributed by atoms with E-state index in [1.54, 1.807) is 0 Å². The van der Waals surface area contributed by atoms with Gasteiger partial charge in [0.15, 0.2) is 6.42 Å². The molecule has 2 N–H and O–H groups in total. The van der Waals surface area contributed by atoms with Crippen molar-refractivity contribution in [1.82, 2.24) is 0 Å². The summed E-state index contributed by atoms with van der Waals surface area (Å²) in [6, 6.07) is 0. The summed E-state index contributed by atoms with van der Waals surface area (Å²) in [5.74, 6) is -0.300. The van der Waals surface area contributed by atoms with E-state index >= 15 is 0 Å². The van der Waals surface area contributed by atoms with Gasteiger partial charge in [-0.1, -0.05) is 13.3 Å². The summed E-state index contributed by atoms with van der Waals surface area (Å²) in [6.45, 7) is 2.13. The Hall–Kier alpha value is -0.660. The van der Waals surface area contributed by atoms with Crippen molar-refractivity contribution in [2.24, 2.45) is 5.73 Å². The molecule has 0 radical (unpaired) electrons. The maximum Gasteiger partial charge on any atom is 0.399 e. The van der Waals surface area contributed by atoms with E-state index in [0.717, 1.165) is 12.8 Å². The van der Waals surface area contributed by atoms with Crippen LogP contribution in [0.15, 0.2) is 0 Å². The van der Waals surface area contributed by atoms with Crippen molar-refractivity contribution in [3.8, 4) is 0 Å². The Kier molecular flexibility index (Phi) is 5.07. The third-order valence-electron chi connectivity index (χ3n) is 1.15. The van der Waals surface area contributed by atoms with E-state index in [0.29, 0.717) is 0 Å². The number of carbonyl (C=O) groups is 1. The Labute approximate surface area is 56.4 Å². The highest BCUT2D eigenvalue weighted by Gasteiger charge is 2.03. The van der Waals surface area contributed by atoms with Gasteiger partial charge in [-0.05, 0) is 12.8 Å². The van der Waals surface area contributed by atoms with Gasteiger partial charge >= 0.3 is 5.91 Å². The van der Waals surface area contributed by atoms with Crippen molar-refractivity contribution in [2.75, 3.05) is 0 Å². The molecule has 52 valence electrons. The molecule has 0 aliphatic heterocycles. The van der Waals surface area contributed by atoms with Gasteiger partial charge in [-0.15, -0.1) is 0 Å². The fraction of sp³-hybridized carbons (Fsp3) is 0.714. The minimum Gasteiger partial charge on any atom is -0.330 e. The summed E-state index contributed by atoms with van der Waals surface area (Å²) >= 11 is 0. The second kappa shape index (κ2) is 5.48. The van der Waals surface area contributed by atoms with Crippen molar-refractivity contribution in [3.63, 3.8) is 0 Å². The normalized spacial score (nSPS) is 9.00. The van der Waals surface area contributed by atoms with Gasteiger partial charge in [0, 0.05) is 0 Å². The van der Waals surface area contributed by atoms with Gasteiger partial charge in [0.1, 0.15) is 0 Å². The standard InChI is InChI=1S/C7H13NO/c1-2-3-4-5-6-7(8)9/h6H,2-5H2,1H3,(H-,8,9)/p+1. The van der Waals surface area contributed by atoms with E-state index in [9.17, 15) is 4.79 Å². The molecule has 0 fully saturated rings. The number of nitrogens with two attached hydrogens (primary N) is 1. The second-order valence-corrected chi connectivity index (χ2v) is 2.10. The van der Waals surface area contributed by atoms with E-state index in [4.69, 9.17) is 5.73 Å². The zero-order chi connectivity index (χ0) is 7.11. The molecule has 0 atom stereocenters. The molecule has 0 heterocycles. The van der Waals surface area contributed by atoms with Crippen LogP contribution in [-0.4, -0.2) is 5.91 Å². The summed E-state index contributed by atoms with van der Waals surface area (Å²) < 4.78 is 0. The van der Waals surface area contributed by atoms with E-state index in [2.05, 4.69) is 6.92 Å². The highest BCUT2D eigenvalue weighted by molar-refractivity contribution is 5.82. The Bertz CT molecular complexity index is 81.0. The predicted molar refractivity (Wildman–Crippen MR) is 37.6 cm³/mol. The predicted octanol–water partition coefficient (Wildman–Crippen LogP) is 1.26. The van der Waals surface area contributed by atoms with Crippen molar-refractivity contribution < 1.29 is 4.79 Å². The fourth-order valence-electron chi connectivity index (χ4n) is 0.639. The highest BCUT2D eigenvalue weighted by Crippen LogP contribution is 1.99. The number of unbranched alkanes of at least 4 members (excludes halogenated alkanes) is 3. The maximum absolute atomic E-state index is 10.1. The molecule has 0 aromatic heterocycles. The van der Waals surface area contributed by atoms with Gasteiger partial charge in [0.2, 0.25) is 0 Å². The zero-order valence-corrected chi connectivity index (χ0v) is 5.89. The molecule has 9 heavy (non-hydrogen) atoms. The van der Waals surface area contributed by atoms with Gasteiger partial charge < -0.3 is 5.73 Å². The number of hydrogen-bond donors (Lipinski definition) is 1. The Balaban J connectivity index is 2.83. The molecular formula is C7H14NO+. The van der Waals surface area contributed by atoms with Crippen LogP contribution in [0.2, 0.25) is 0 Å². The van der Waals surface area contributed by atoms with Gasteiger partial charge in [-0.25, -0.2) is 4.79 Å². The molecule has 0 aromatic rings. The van der Waals surface area contributed by atoms with Gasteiger partial charge in [0.25, 0.3) is 0 Å². The Morgan fingerprint density at radius 3 is 2.67 bits per heavy atom. The summed E-state index contributed by atoms with van der Waals surface area (Å²) in [5.41, 5.74) is 4.88. The first-order valence-electron chi connectivity index (χ1n) is 3.40. The topological polar surface area (TPSA) is 43.1 Å². The van der Waals surface area contributed by atoms with E-state index in [1.165, 1.54) is 19.3 Å². The van der Waals surface area contributed by atoms with Gasteiger partial charge in [-0.2, -0.15) is 0 Å². The van der Waals surface area contributed by atoms with Crippen molar-refractivity contribution in [2.45, 2.75) is 32.6 Å². The first-order valence-corrected chi connectivity index (χ1v) is 3.40. The van der Waals surface area contributed by atoms with Gasteiger partial charge in [-0.3, -0.25) is 0 Å². The van der Waals surface area contributed by atoms with Crippen LogP contribution in [0.3, 0.4) is 0 Å². The number of primary amides is 1. The van der Waals surface area contributed by atoms with Crippen LogP contribution in [0.25, 0.3) is 0 Å². The largest absolute Gasteiger partial charge is 0.399 e. The lowest BCUT2D eigenvalue weighted by Crippen LogP contribution is -2.10. The molecule has 0 rings (SSSR count). The molecule has 0 bridgehead atoms. The molecule has 1 amide bonds. The average Bonchev–Trinajstić information content (AvgIpc) is 1.80. The number of hydrogen-bond acceptors (Lipinski definition) is 1. The molecule has 2 heteroatoms. The lowest BCUT2D eigenvalue weighted by atomic mass is 10.1. The van der Waals surface area contributed by atoms with Crippen LogP contribution in [0.4, 0.5) is 0 Å². The average molecular weight is 128 g/mol. The minimum absolute atomic E-state index is 0.300. The monoisotopic (exact) mass is 128 g/mol. The lowest BCUT2D eigenvalue weighted by Gasteiger charge is -1.86. The highest BCUT2D eigenvalue weighted by atomic mass is 16.1. The van der Waals surface area contributed by atoms with Crippen LogP contribution in [0, 0.1) is 6.42 Å². The molecular weight excluding hydrogens is 114 g/mol. The molecule has 0 unspecified atom stereocenters. The number of rotatable bonds is 5. The van der Waals surface area contributed by atoms with Crippen molar-refractivity contribution >= 4 is 5.91 Å². The third-order valence-corrected chi connectivity index (χ3v) is 1.15. The van der Waals surface area contributed by atoms with Crippen LogP contribution in [-0.2, 0) is 4.79 Å². The number of amides is 1. The summed E-state index contributed by atoms with van der Waals surface area (Å²) in [7, 11) is 0. The van der Waals surface area contributed by atoms with Crippen molar-refractivity contribution in [1.29, 1.82) is 0 Å². The SMILES string of the molecule is CCCCC[CH+]C(N)=O. The molecule has 0 saturated heterocycles. The smallest absolute Gasteiger partial charge is 0.330 e. The number of carbonyl (C=O) groups excluding carboxylic acids is 1. The third kappa shape index (κ3) is 7.34.